The maximum Gasteiger partial charge on any atom is 0.253 e. The van der Waals surface area contributed by atoms with Gasteiger partial charge in [-0.2, -0.15) is 5.26 Å². The summed E-state index contributed by atoms with van der Waals surface area (Å²) in [7, 11) is -1.57. The zero-order valence-corrected chi connectivity index (χ0v) is 11.9. The van der Waals surface area contributed by atoms with Gasteiger partial charge in [0.2, 0.25) is 0 Å². The normalized spacial score (nSPS) is 12.5. The van der Waals surface area contributed by atoms with Gasteiger partial charge in [0.15, 0.2) is 0 Å². The standard InChI is InChI=1S/C13H16N2O3S/c1-10(9-19(3,17)18)15(2)13(16)12-6-4-11(8-14)5-7-12/h4-7,10H,9H2,1-3H3/t10-/m0/s1. The second-order valence-corrected chi connectivity index (χ2v) is 6.73. The number of hydrogen-bond acceptors (Lipinski definition) is 4. The van der Waals surface area contributed by atoms with E-state index in [4.69, 9.17) is 5.26 Å². The number of carbonyl (C=O) groups excluding carboxylic acids is 1. The van der Waals surface area contributed by atoms with Crippen LogP contribution in [0.2, 0.25) is 0 Å². The summed E-state index contributed by atoms with van der Waals surface area (Å²) in [5.41, 5.74) is 0.908. The molecule has 6 heteroatoms. The lowest BCUT2D eigenvalue weighted by Gasteiger charge is -2.24. The molecule has 0 unspecified atom stereocenters. The molecule has 1 atom stereocenters. The van der Waals surface area contributed by atoms with Crippen molar-refractivity contribution in [3.05, 3.63) is 35.4 Å². The Labute approximate surface area is 113 Å². The van der Waals surface area contributed by atoms with E-state index in [1.165, 1.54) is 4.90 Å². The molecule has 0 aromatic heterocycles. The molecule has 0 spiro atoms. The molecule has 0 radical (unpaired) electrons. The molecule has 0 N–H and O–H groups in total. The van der Waals surface area contributed by atoms with Crippen molar-refractivity contribution in [1.29, 1.82) is 5.26 Å². The van der Waals surface area contributed by atoms with Crippen LogP contribution in [0.25, 0.3) is 0 Å². The fourth-order valence-corrected chi connectivity index (χ4v) is 2.74. The minimum Gasteiger partial charge on any atom is -0.338 e. The monoisotopic (exact) mass is 280 g/mol. The molecular formula is C13H16N2O3S. The fourth-order valence-electron chi connectivity index (χ4n) is 1.64. The van der Waals surface area contributed by atoms with Crippen molar-refractivity contribution in [3.63, 3.8) is 0 Å². The Hall–Kier alpha value is -1.87. The van der Waals surface area contributed by atoms with Crippen molar-refractivity contribution in [2.75, 3.05) is 19.1 Å². The number of sulfone groups is 1. The van der Waals surface area contributed by atoms with Crippen molar-refractivity contribution in [1.82, 2.24) is 4.90 Å². The molecule has 0 bridgehead atoms. The van der Waals surface area contributed by atoms with Crippen LogP contribution >= 0.6 is 0 Å². The zero-order valence-electron chi connectivity index (χ0n) is 11.1. The lowest BCUT2D eigenvalue weighted by atomic mass is 10.1. The van der Waals surface area contributed by atoms with Gasteiger partial charge in [0, 0.05) is 24.9 Å². The second kappa shape index (κ2) is 5.85. The summed E-state index contributed by atoms with van der Waals surface area (Å²) in [6.07, 6.45) is 1.14. The number of nitrogens with zero attached hydrogens (tertiary/aromatic N) is 2. The highest BCUT2D eigenvalue weighted by Crippen LogP contribution is 2.09. The van der Waals surface area contributed by atoms with Crippen LogP contribution in [0.15, 0.2) is 24.3 Å². The first-order valence-electron chi connectivity index (χ1n) is 5.69. The molecule has 1 rings (SSSR count). The predicted octanol–water partition coefficient (Wildman–Crippen LogP) is 1.06. The Morgan fingerprint density at radius 2 is 1.89 bits per heavy atom. The van der Waals surface area contributed by atoms with Gasteiger partial charge in [0.1, 0.15) is 9.84 Å². The third-order valence-corrected chi connectivity index (χ3v) is 3.87. The van der Waals surface area contributed by atoms with Crippen LogP contribution in [0.1, 0.15) is 22.8 Å². The zero-order chi connectivity index (χ0) is 14.6. The van der Waals surface area contributed by atoms with Gasteiger partial charge in [-0.15, -0.1) is 0 Å². The van der Waals surface area contributed by atoms with Crippen LogP contribution < -0.4 is 0 Å². The quantitative estimate of drug-likeness (QED) is 0.826. The molecule has 1 amide bonds. The van der Waals surface area contributed by atoms with Crippen LogP contribution in [-0.4, -0.2) is 44.3 Å². The Morgan fingerprint density at radius 1 is 1.37 bits per heavy atom. The van der Waals surface area contributed by atoms with Crippen LogP contribution in [0.5, 0.6) is 0 Å². The summed E-state index contributed by atoms with van der Waals surface area (Å²) in [6.45, 7) is 1.68. The van der Waals surface area contributed by atoms with E-state index in [0.717, 1.165) is 6.26 Å². The minimum absolute atomic E-state index is 0.0779. The van der Waals surface area contributed by atoms with Gasteiger partial charge in [0.25, 0.3) is 5.91 Å². The smallest absolute Gasteiger partial charge is 0.253 e. The van der Waals surface area contributed by atoms with Crippen LogP contribution in [-0.2, 0) is 9.84 Å². The van der Waals surface area contributed by atoms with Crippen LogP contribution in [0.4, 0.5) is 0 Å². The molecule has 0 saturated heterocycles. The number of rotatable bonds is 4. The number of benzene rings is 1. The van der Waals surface area contributed by atoms with Gasteiger partial charge in [-0.05, 0) is 31.2 Å². The van der Waals surface area contributed by atoms with E-state index in [0.29, 0.717) is 11.1 Å². The average Bonchev–Trinajstić information content (AvgIpc) is 2.35. The first kappa shape index (κ1) is 15.2. The third kappa shape index (κ3) is 4.38. The molecule has 0 saturated carbocycles. The Morgan fingerprint density at radius 3 is 2.32 bits per heavy atom. The van der Waals surface area contributed by atoms with E-state index in [2.05, 4.69) is 0 Å². The maximum absolute atomic E-state index is 12.1. The Balaban J connectivity index is 2.84. The molecule has 0 heterocycles. The first-order valence-corrected chi connectivity index (χ1v) is 7.75. The van der Waals surface area contributed by atoms with Crippen molar-refractivity contribution in [3.8, 4) is 6.07 Å². The van der Waals surface area contributed by atoms with E-state index >= 15 is 0 Å². The molecule has 5 nitrogen and oxygen atoms in total. The summed E-state index contributed by atoms with van der Waals surface area (Å²) < 4.78 is 22.4. The third-order valence-electron chi connectivity index (χ3n) is 2.79. The van der Waals surface area contributed by atoms with Crippen molar-refractivity contribution < 1.29 is 13.2 Å². The van der Waals surface area contributed by atoms with Gasteiger partial charge >= 0.3 is 0 Å². The number of hydrogen-bond donors (Lipinski definition) is 0. The lowest BCUT2D eigenvalue weighted by Crippen LogP contribution is -2.39. The summed E-state index contributed by atoms with van der Waals surface area (Å²) in [5, 5.41) is 8.68. The highest BCUT2D eigenvalue weighted by Gasteiger charge is 2.20. The average molecular weight is 280 g/mol. The van der Waals surface area contributed by atoms with E-state index in [1.807, 2.05) is 6.07 Å². The van der Waals surface area contributed by atoms with Gasteiger partial charge in [0.05, 0.1) is 17.4 Å². The highest BCUT2D eigenvalue weighted by molar-refractivity contribution is 7.90. The van der Waals surface area contributed by atoms with E-state index in [1.54, 1.807) is 38.2 Å². The first-order chi connectivity index (χ1) is 8.74. The summed E-state index contributed by atoms with van der Waals surface area (Å²) in [6, 6.07) is 7.80. The van der Waals surface area contributed by atoms with Crippen molar-refractivity contribution in [2.45, 2.75) is 13.0 Å². The summed E-state index contributed by atoms with van der Waals surface area (Å²) in [5.74, 6) is -0.341. The van der Waals surface area contributed by atoms with Crippen molar-refractivity contribution >= 4 is 15.7 Å². The number of amides is 1. The maximum atomic E-state index is 12.1. The lowest BCUT2D eigenvalue weighted by molar-refractivity contribution is 0.0757. The Kier molecular flexibility index (Phi) is 4.67. The molecule has 102 valence electrons. The van der Waals surface area contributed by atoms with Gasteiger partial charge in [-0.3, -0.25) is 4.79 Å². The molecule has 19 heavy (non-hydrogen) atoms. The highest BCUT2D eigenvalue weighted by atomic mass is 32.2. The molecule has 0 aliphatic carbocycles. The fraction of sp³-hybridized carbons (Fsp3) is 0.385. The van der Waals surface area contributed by atoms with Crippen molar-refractivity contribution in [2.24, 2.45) is 0 Å². The predicted molar refractivity (Wildman–Crippen MR) is 72.4 cm³/mol. The number of carbonyl (C=O) groups is 1. The van der Waals surface area contributed by atoms with Crippen LogP contribution in [0.3, 0.4) is 0 Å². The largest absolute Gasteiger partial charge is 0.338 e. The second-order valence-electron chi connectivity index (χ2n) is 4.55. The number of nitriles is 1. The van der Waals surface area contributed by atoms with E-state index in [9.17, 15) is 13.2 Å². The van der Waals surface area contributed by atoms with Gasteiger partial charge < -0.3 is 4.90 Å². The SMILES string of the molecule is C[C@@H](CS(C)(=O)=O)N(C)C(=O)c1ccc(C#N)cc1. The molecule has 0 aliphatic heterocycles. The molecule has 0 fully saturated rings. The van der Waals surface area contributed by atoms with Crippen LogP contribution in [0, 0.1) is 11.3 Å². The van der Waals surface area contributed by atoms with Gasteiger partial charge in [-0.25, -0.2) is 8.42 Å². The molecule has 0 aliphatic rings. The minimum atomic E-state index is -3.13. The van der Waals surface area contributed by atoms with Gasteiger partial charge in [-0.1, -0.05) is 0 Å². The molecular weight excluding hydrogens is 264 g/mol. The Bertz CT molecular complexity index is 600. The van der Waals surface area contributed by atoms with E-state index < -0.39 is 15.9 Å². The summed E-state index contributed by atoms with van der Waals surface area (Å²) in [4.78, 5) is 13.5. The molecule has 1 aromatic carbocycles. The van der Waals surface area contributed by atoms with E-state index in [-0.39, 0.29) is 11.7 Å². The topological polar surface area (TPSA) is 78.2 Å². The molecule has 1 aromatic rings. The summed E-state index contributed by atoms with van der Waals surface area (Å²) >= 11 is 0.